The maximum atomic E-state index is 11.3. The number of carbonyl (C=O) groups excluding carboxylic acids is 1. The van der Waals surface area contributed by atoms with E-state index in [-0.39, 0.29) is 5.91 Å². The van der Waals surface area contributed by atoms with Crippen LogP contribution in [-0.4, -0.2) is 30.5 Å². The van der Waals surface area contributed by atoms with Gasteiger partial charge >= 0.3 is 0 Å². The van der Waals surface area contributed by atoms with Gasteiger partial charge in [-0.3, -0.25) is 9.78 Å². The van der Waals surface area contributed by atoms with Crippen LogP contribution in [0.4, 0.5) is 17.3 Å². The average molecular weight is 373 g/mol. The number of anilines is 3. The predicted octanol–water partition coefficient (Wildman–Crippen LogP) is 3.45. The molecule has 0 aliphatic rings. The Bertz CT molecular complexity index is 1140. The highest BCUT2D eigenvalue weighted by Crippen LogP contribution is 2.26. The van der Waals surface area contributed by atoms with Gasteiger partial charge in [-0.25, -0.2) is 14.5 Å². The van der Waals surface area contributed by atoms with E-state index in [1.54, 1.807) is 18.5 Å². The van der Waals surface area contributed by atoms with Crippen molar-refractivity contribution in [2.75, 3.05) is 10.6 Å². The molecular formula is C20H19N7O. The van der Waals surface area contributed by atoms with Crippen LogP contribution in [0.15, 0.2) is 55.0 Å². The number of rotatable bonds is 5. The van der Waals surface area contributed by atoms with Crippen LogP contribution in [0.25, 0.3) is 17.0 Å². The van der Waals surface area contributed by atoms with Crippen molar-refractivity contribution in [1.29, 1.82) is 0 Å². The Labute approximate surface area is 161 Å². The van der Waals surface area contributed by atoms with Gasteiger partial charge in [0.25, 0.3) is 0 Å². The van der Waals surface area contributed by atoms with E-state index < -0.39 is 0 Å². The molecule has 0 atom stereocenters. The minimum atomic E-state index is -0.175. The number of carbonyl (C=O) groups is 1. The van der Waals surface area contributed by atoms with E-state index in [2.05, 4.69) is 32.6 Å². The highest BCUT2D eigenvalue weighted by atomic mass is 16.1. The average Bonchev–Trinajstić information content (AvgIpc) is 3.12. The first-order valence-corrected chi connectivity index (χ1v) is 8.94. The lowest BCUT2D eigenvalue weighted by atomic mass is 10.2. The van der Waals surface area contributed by atoms with Crippen molar-refractivity contribution < 1.29 is 4.79 Å². The van der Waals surface area contributed by atoms with Gasteiger partial charge in [-0.1, -0.05) is 13.0 Å². The number of hydrogen-bond donors (Lipinski definition) is 2. The second kappa shape index (κ2) is 7.43. The molecule has 0 spiro atoms. The van der Waals surface area contributed by atoms with Crippen LogP contribution in [0, 0.1) is 0 Å². The van der Waals surface area contributed by atoms with E-state index in [0.29, 0.717) is 23.2 Å². The summed E-state index contributed by atoms with van der Waals surface area (Å²) in [5, 5.41) is 10.6. The number of nitrogens with one attached hydrogen (secondary N) is 2. The fourth-order valence-electron chi connectivity index (χ4n) is 2.96. The Hall–Kier alpha value is -3.81. The lowest BCUT2D eigenvalue weighted by Gasteiger charge is -2.11. The molecule has 0 radical (unpaired) electrons. The Morgan fingerprint density at radius 3 is 2.79 bits per heavy atom. The molecule has 28 heavy (non-hydrogen) atoms. The lowest BCUT2D eigenvalue weighted by molar-refractivity contribution is -0.114. The van der Waals surface area contributed by atoms with Crippen LogP contribution < -0.4 is 10.6 Å². The number of aromatic nitrogens is 5. The molecule has 8 nitrogen and oxygen atoms in total. The molecule has 0 bridgehead atoms. The number of nitrogens with zero attached hydrogens (tertiary/aromatic N) is 5. The van der Waals surface area contributed by atoms with Crippen molar-refractivity contribution >= 4 is 28.7 Å². The summed E-state index contributed by atoms with van der Waals surface area (Å²) in [6.07, 6.45) is 6.12. The molecule has 0 fully saturated rings. The Kier molecular flexibility index (Phi) is 4.67. The van der Waals surface area contributed by atoms with Crippen molar-refractivity contribution in [2.24, 2.45) is 0 Å². The maximum Gasteiger partial charge on any atom is 0.222 e. The number of pyridine rings is 2. The molecule has 0 aliphatic heterocycles. The Balaban J connectivity index is 1.80. The normalized spacial score (nSPS) is 10.8. The summed E-state index contributed by atoms with van der Waals surface area (Å²) in [6, 6.07) is 11.2. The molecule has 0 saturated heterocycles. The van der Waals surface area contributed by atoms with Crippen LogP contribution in [0.2, 0.25) is 0 Å². The van der Waals surface area contributed by atoms with Crippen LogP contribution in [0.3, 0.4) is 0 Å². The van der Waals surface area contributed by atoms with Crippen LogP contribution >= 0.6 is 0 Å². The summed E-state index contributed by atoms with van der Waals surface area (Å²) in [4.78, 5) is 24.5. The molecule has 4 rings (SSSR count). The summed E-state index contributed by atoms with van der Waals surface area (Å²) in [5.41, 5.74) is 3.48. The van der Waals surface area contributed by atoms with Gasteiger partial charge in [-0.2, -0.15) is 0 Å². The topological polar surface area (TPSA) is 97.1 Å². The third-order valence-electron chi connectivity index (χ3n) is 4.20. The summed E-state index contributed by atoms with van der Waals surface area (Å²) in [6.45, 7) is 3.54. The lowest BCUT2D eigenvalue weighted by Crippen LogP contribution is -2.08. The molecule has 0 aromatic carbocycles. The number of fused-ring (bicyclic) bond motifs is 1. The highest BCUT2D eigenvalue weighted by molar-refractivity contribution is 5.88. The summed E-state index contributed by atoms with van der Waals surface area (Å²) < 4.78 is 1.81. The van der Waals surface area contributed by atoms with Crippen LogP contribution in [0.5, 0.6) is 0 Å². The highest BCUT2D eigenvalue weighted by Gasteiger charge is 2.14. The summed E-state index contributed by atoms with van der Waals surface area (Å²) in [7, 11) is 0. The third-order valence-corrected chi connectivity index (χ3v) is 4.20. The smallest absolute Gasteiger partial charge is 0.222 e. The van der Waals surface area contributed by atoms with Crippen molar-refractivity contribution in [1.82, 2.24) is 24.6 Å². The summed E-state index contributed by atoms with van der Waals surface area (Å²) >= 11 is 0. The van der Waals surface area contributed by atoms with E-state index in [1.165, 1.54) is 6.92 Å². The fourth-order valence-corrected chi connectivity index (χ4v) is 2.96. The second-order valence-electron chi connectivity index (χ2n) is 6.22. The molecule has 4 heterocycles. The molecule has 4 aromatic heterocycles. The van der Waals surface area contributed by atoms with E-state index >= 15 is 0 Å². The Morgan fingerprint density at radius 1 is 1.14 bits per heavy atom. The Morgan fingerprint density at radius 2 is 2.04 bits per heavy atom. The second-order valence-corrected chi connectivity index (χ2v) is 6.22. The van der Waals surface area contributed by atoms with Gasteiger partial charge in [0.15, 0.2) is 5.82 Å². The maximum absolute atomic E-state index is 11.3. The van der Waals surface area contributed by atoms with Crippen LogP contribution in [-0.2, 0) is 11.2 Å². The van der Waals surface area contributed by atoms with Gasteiger partial charge in [0.05, 0.1) is 0 Å². The first-order chi connectivity index (χ1) is 13.6. The number of hydrogen-bond acceptors (Lipinski definition) is 6. The van der Waals surface area contributed by atoms with E-state index in [9.17, 15) is 4.79 Å². The summed E-state index contributed by atoms with van der Waals surface area (Å²) in [5.74, 6) is 1.48. The largest absolute Gasteiger partial charge is 0.338 e. The van der Waals surface area contributed by atoms with Gasteiger partial charge in [0.2, 0.25) is 11.7 Å². The quantitative estimate of drug-likeness (QED) is 0.556. The van der Waals surface area contributed by atoms with Gasteiger partial charge in [-0.15, -0.1) is 5.10 Å². The molecule has 4 aromatic rings. The van der Waals surface area contributed by atoms with E-state index in [1.807, 2.05) is 41.0 Å². The molecule has 140 valence electrons. The van der Waals surface area contributed by atoms with Crippen LogP contribution in [0.1, 0.15) is 19.4 Å². The minimum absolute atomic E-state index is 0.175. The first-order valence-electron chi connectivity index (χ1n) is 8.94. The molecule has 0 saturated carbocycles. The molecular weight excluding hydrogens is 354 g/mol. The zero-order chi connectivity index (χ0) is 19.5. The molecule has 0 unspecified atom stereocenters. The standard InChI is InChI=1S/C20H19N7O/c1-3-14-8-11-27-18(14)20(25-19(26-27)16-6-4-5-9-21-16)24-15-7-10-22-17(12-15)23-13(2)28/h4-12H,3H2,1-2H3,(H2,22,23,24,25,26,28). The van der Waals surface area contributed by atoms with Gasteiger partial charge in [0.1, 0.15) is 17.0 Å². The SMILES string of the molecule is CCc1ccn2nc(-c3ccccn3)nc(Nc3ccnc(NC(C)=O)c3)c12. The predicted molar refractivity (Wildman–Crippen MR) is 107 cm³/mol. The van der Waals surface area contributed by atoms with Crippen molar-refractivity contribution in [3.8, 4) is 11.5 Å². The van der Waals surface area contributed by atoms with Crippen molar-refractivity contribution in [3.05, 3.63) is 60.6 Å². The van der Waals surface area contributed by atoms with Gasteiger partial charge in [-0.05, 0) is 36.2 Å². The third kappa shape index (κ3) is 3.52. The molecule has 2 N–H and O–H groups in total. The van der Waals surface area contributed by atoms with E-state index in [0.717, 1.165) is 23.2 Å². The van der Waals surface area contributed by atoms with Crippen molar-refractivity contribution in [2.45, 2.75) is 20.3 Å². The number of amides is 1. The number of aryl methyl sites for hydroxylation is 1. The fraction of sp³-hybridized carbons (Fsp3) is 0.150. The zero-order valence-corrected chi connectivity index (χ0v) is 15.5. The minimum Gasteiger partial charge on any atom is -0.338 e. The zero-order valence-electron chi connectivity index (χ0n) is 15.5. The molecule has 8 heteroatoms. The van der Waals surface area contributed by atoms with Gasteiger partial charge in [0, 0.05) is 37.3 Å². The molecule has 1 amide bonds. The van der Waals surface area contributed by atoms with E-state index in [4.69, 9.17) is 4.98 Å². The monoisotopic (exact) mass is 373 g/mol. The van der Waals surface area contributed by atoms with Gasteiger partial charge < -0.3 is 10.6 Å². The molecule has 0 aliphatic carbocycles. The first kappa shape index (κ1) is 17.6. The van der Waals surface area contributed by atoms with Crippen molar-refractivity contribution in [3.63, 3.8) is 0 Å².